The van der Waals surface area contributed by atoms with Crippen LogP contribution in [0.2, 0.25) is 0 Å². The van der Waals surface area contributed by atoms with E-state index in [-0.39, 0.29) is 0 Å². The maximum absolute atomic E-state index is 4.46. The van der Waals surface area contributed by atoms with Gasteiger partial charge in [-0.1, -0.05) is 12.1 Å². The molecule has 1 aliphatic rings. The lowest BCUT2D eigenvalue weighted by atomic mass is 10.2. The number of nitrogens with one attached hydrogen (secondary N) is 1. The molecule has 3 rings (SSSR count). The van der Waals surface area contributed by atoms with Gasteiger partial charge < -0.3 is 10.2 Å². The molecule has 1 aliphatic heterocycles. The molecule has 1 N–H and O–H groups in total. The fourth-order valence-electron chi connectivity index (χ4n) is 2.60. The van der Waals surface area contributed by atoms with E-state index in [1.807, 2.05) is 6.92 Å². The van der Waals surface area contributed by atoms with Crippen molar-refractivity contribution in [2.24, 2.45) is 0 Å². The Morgan fingerprint density at radius 1 is 1.15 bits per heavy atom. The normalized spacial score (nSPS) is 14.9. The number of benzene rings is 1. The highest BCUT2D eigenvalue weighted by Crippen LogP contribution is 2.20. The fourth-order valence-corrected chi connectivity index (χ4v) is 3.34. The number of hydrogen-bond donors (Lipinski definition) is 1. The topological polar surface area (TPSA) is 28.2 Å². The van der Waals surface area contributed by atoms with Gasteiger partial charge in [-0.3, -0.25) is 0 Å². The predicted molar refractivity (Wildman–Crippen MR) is 85.3 cm³/mol. The van der Waals surface area contributed by atoms with E-state index < -0.39 is 0 Å². The average molecular weight is 287 g/mol. The van der Waals surface area contributed by atoms with Crippen LogP contribution in [0, 0.1) is 6.92 Å². The van der Waals surface area contributed by atoms with Crippen LogP contribution in [0.25, 0.3) is 0 Å². The number of aryl methyl sites for hydroxylation is 1. The lowest BCUT2D eigenvalue weighted by Crippen LogP contribution is -2.17. The van der Waals surface area contributed by atoms with Gasteiger partial charge in [0.05, 0.1) is 0 Å². The van der Waals surface area contributed by atoms with E-state index >= 15 is 0 Å². The third-order valence-corrected chi connectivity index (χ3v) is 4.65. The minimum Gasteiger partial charge on any atom is -0.372 e. The Bertz CT molecular complexity index is 541. The molecule has 1 fully saturated rings. The molecule has 1 aromatic heterocycles. The van der Waals surface area contributed by atoms with Crippen molar-refractivity contribution >= 4 is 17.0 Å². The van der Waals surface area contributed by atoms with E-state index in [1.165, 1.54) is 37.2 Å². The molecule has 4 heteroatoms. The van der Waals surface area contributed by atoms with Gasteiger partial charge in [-0.15, -0.1) is 11.3 Å². The standard InChI is InChI=1S/C16H21N3S/c1-13-12-20-16(18-13)11-17-10-14-4-6-15(7-5-14)19-8-2-3-9-19/h4-7,12,17H,2-3,8-11H2,1H3. The number of anilines is 1. The first-order chi connectivity index (χ1) is 9.81. The minimum atomic E-state index is 0.854. The molecule has 0 amide bonds. The van der Waals surface area contributed by atoms with Gasteiger partial charge >= 0.3 is 0 Å². The summed E-state index contributed by atoms with van der Waals surface area (Å²) in [4.78, 5) is 6.93. The Morgan fingerprint density at radius 3 is 2.55 bits per heavy atom. The Hall–Kier alpha value is -1.39. The first-order valence-corrected chi connectivity index (χ1v) is 8.15. The SMILES string of the molecule is Cc1csc(CNCc2ccc(N3CCCC3)cc2)n1. The van der Waals surface area contributed by atoms with Crippen LogP contribution in [0.3, 0.4) is 0 Å². The van der Waals surface area contributed by atoms with Crippen molar-refractivity contribution in [1.82, 2.24) is 10.3 Å². The zero-order valence-electron chi connectivity index (χ0n) is 11.9. The van der Waals surface area contributed by atoms with E-state index in [1.54, 1.807) is 11.3 Å². The van der Waals surface area contributed by atoms with E-state index in [0.29, 0.717) is 0 Å². The van der Waals surface area contributed by atoms with Crippen molar-refractivity contribution in [3.05, 3.63) is 45.9 Å². The molecule has 106 valence electrons. The molecule has 0 bridgehead atoms. The Morgan fingerprint density at radius 2 is 1.90 bits per heavy atom. The highest BCUT2D eigenvalue weighted by molar-refractivity contribution is 7.09. The van der Waals surface area contributed by atoms with E-state index in [4.69, 9.17) is 0 Å². The Labute approximate surface area is 124 Å². The Balaban J connectivity index is 1.50. The molecule has 2 aromatic rings. The predicted octanol–water partition coefficient (Wildman–Crippen LogP) is 3.34. The number of hydrogen-bond acceptors (Lipinski definition) is 4. The highest BCUT2D eigenvalue weighted by atomic mass is 32.1. The van der Waals surface area contributed by atoms with Gasteiger partial charge in [0.25, 0.3) is 0 Å². The summed E-state index contributed by atoms with van der Waals surface area (Å²) in [6, 6.07) is 8.95. The van der Waals surface area contributed by atoms with Crippen LogP contribution < -0.4 is 10.2 Å². The van der Waals surface area contributed by atoms with E-state index in [2.05, 4.69) is 44.8 Å². The van der Waals surface area contributed by atoms with Crippen LogP contribution in [0.4, 0.5) is 5.69 Å². The van der Waals surface area contributed by atoms with Gasteiger partial charge in [-0.05, 0) is 37.5 Å². The van der Waals surface area contributed by atoms with Crippen molar-refractivity contribution in [2.75, 3.05) is 18.0 Å². The molecule has 1 saturated heterocycles. The molecule has 1 aromatic carbocycles. The summed E-state index contributed by atoms with van der Waals surface area (Å²) in [7, 11) is 0. The van der Waals surface area contributed by atoms with Crippen molar-refractivity contribution in [1.29, 1.82) is 0 Å². The lowest BCUT2D eigenvalue weighted by Gasteiger charge is -2.17. The van der Waals surface area contributed by atoms with Gasteiger partial charge in [0.2, 0.25) is 0 Å². The number of aromatic nitrogens is 1. The molecule has 0 spiro atoms. The summed E-state index contributed by atoms with van der Waals surface area (Å²) < 4.78 is 0. The zero-order valence-corrected chi connectivity index (χ0v) is 12.7. The van der Waals surface area contributed by atoms with E-state index in [0.717, 1.165) is 23.8 Å². The average Bonchev–Trinajstić information content (AvgIpc) is 3.11. The summed E-state index contributed by atoms with van der Waals surface area (Å²) >= 11 is 1.72. The van der Waals surface area contributed by atoms with Crippen LogP contribution in [0.5, 0.6) is 0 Å². The number of nitrogens with zero attached hydrogens (tertiary/aromatic N) is 2. The lowest BCUT2D eigenvalue weighted by molar-refractivity contribution is 0.689. The molecule has 3 nitrogen and oxygen atoms in total. The fraction of sp³-hybridized carbons (Fsp3) is 0.438. The van der Waals surface area contributed by atoms with Crippen LogP contribution in [0.1, 0.15) is 29.1 Å². The molecule has 0 saturated carbocycles. The summed E-state index contributed by atoms with van der Waals surface area (Å²) in [5.74, 6) is 0. The first kappa shape index (κ1) is 13.6. The third-order valence-electron chi connectivity index (χ3n) is 3.68. The second-order valence-corrected chi connectivity index (χ2v) is 6.29. The summed E-state index contributed by atoms with van der Waals surface area (Å²) in [6.07, 6.45) is 2.66. The van der Waals surface area contributed by atoms with Crippen molar-refractivity contribution in [3.8, 4) is 0 Å². The summed E-state index contributed by atoms with van der Waals surface area (Å²) in [5.41, 5.74) is 3.81. The zero-order chi connectivity index (χ0) is 13.8. The van der Waals surface area contributed by atoms with Crippen LogP contribution >= 0.6 is 11.3 Å². The smallest absolute Gasteiger partial charge is 0.107 e. The quantitative estimate of drug-likeness (QED) is 0.914. The second-order valence-electron chi connectivity index (χ2n) is 5.35. The summed E-state index contributed by atoms with van der Waals surface area (Å²) in [5, 5.41) is 6.72. The molecule has 0 radical (unpaired) electrons. The Kier molecular flexibility index (Phi) is 4.33. The monoisotopic (exact) mass is 287 g/mol. The third kappa shape index (κ3) is 3.38. The van der Waals surface area contributed by atoms with Crippen molar-refractivity contribution in [3.63, 3.8) is 0 Å². The first-order valence-electron chi connectivity index (χ1n) is 7.27. The van der Waals surface area contributed by atoms with Crippen LogP contribution in [0.15, 0.2) is 29.6 Å². The highest BCUT2D eigenvalue weighted by Gasteiger charge is 2.11. The molecule has 0 unspecified atom stereocenters. The van der Waals surface area contributed by atoms with Crippen molar-refractivity contribution < 1.29 is 0 Å². The molecular formula is C16H21N3S. The van der Waals surface area contributed by atoms with Crippen molar-refractivity contribution in [2.45, 2.75) is 32.9 Å². The van der Waals surface area contributed by atoms with E-state index in [9.17, 15) is 0 Å². The molecule has 20 heavy (non-hydrogen) atoms. The second kappa shape index (κ2) is 6.37. The molecule has 2 heterocycles. The van der Waals surface area contributed by atoms with Gasteiger partial charge in [0, 0.05) is 42.9 Å². The van der Waals surface area contributed by atoms with Gasteiger partial charge in [0.1, 0.15) is 5.01 Å². The van der Waals surface area contributed by atoms with Gasteiger partial charge in [-0.2, -0.15) is 0 Å². The van der Waals surface area contributed by atoms with Crippen LogP contribution in [-0.4, -0.2) is 18.1 Å². The maximum Gasteiger partial charge on any atom is 0.107 e. The molecule has 0 atom stereocenters. The number of thiazole rings is 1. The molecule has 0 aliphatic carbocycles. The van der Waals surface area contributed by atoms with Crippen LogP contribution in [-0.2, 0) is 13.1 Å². The maximum atomic E-state index is 4.46. The van der Waals surface area contributed by atoms with Gasteiger partial charge in [-0.25, -0.2) is 4.98 Å². The minimum absolute atomic E-state index is 0.854. The largest absolute Gasteiger partial charge is 0.372 e. The molecular weight excluding hydrogens is 266 g/mol. The number of rotatable bonds is 5. The van der Waals surface area contributed by atoms with Gasteiger partial charge in [0.15, 0.2) is 0 Å². The summed E-state index contributed by atoms with van der Waals surface area (Å²) in [6.45, 7) is 6.21.